The number of rotatable bonds is 8. The van der Waals surface area contributed by atoms with Gasteiger partial charge in [0.25, 0.3) is 5.91 Å². The zero-order valence-electron chi connectivity index (χ0n) is 22.7. The van der Waals surface area contributed by atoms with Gasteiger partial charge in [0.2, 0.25) is 0 Å². The van der Waals surface area contributed by atoms with Crippen molar-refractivity contribution >= 4 is 34.0 Å². The summed E-state index contributed by atoms with van der Waals surface area (Å²) in [5.41, 5.74) is 1.85. The van der Waals surface area contributed by atoms with Crippen molar-refractivity contribution in [2.45, 2.75) is 18.9 Å². The third-order valence-corrected chi connectivity index (χ3v) is 7.03. The number of likely N-dealkylation sites (N-methyl/N-ethyl adjacent to an activating group) is 1. The fourth-order valence-corrected chi connectivity index (χ4v) is 4.85. The molecule has 1 aliphatic rings. The van der Waals surface area contributed by atoms with Gasteiger partial charge in [0.15, 0.2) is 5.83 Å². The number of nitrogens with zero attached hydrogens (tertiary/aromatic N) is 3. The molecule has 1 saturated heterocycles. The van der Waals surface area contributed by atoms with Crippen molar-refractivity contribution in [3.8, 4) is 22.6 Å². The molecule has 1 atom stereocenters. The predicted molar refractivity (Wildman–Crippen MR) is 151 cm³/mol. The molecule has 2 N–H and O–H groups in total. The maximum atomic E-state index is 14.8. The summed E-state index contributed by atoms with van der Waals surface area (Å²) in [5.74, 6) is -2.10. The second-order valence-corrected chi connectivity index (χ2v) is 9.62. The average molecular weight is 564 g/mol. The van der Waals surface area contributed by atoms with Gasteiger partial charge in [-0.05, 0) is 68.4 Å². The third kappa shape index (κ3) is 5.94. The number of benzene rings is 3. The summed E-state index contributed by atoms with van der Waals surface area (Å²) in [6.45, 7) is 0.844. The van der Waals surface area contributed by atoms with Gasteiger partial charge in [-0.1, -0.05) is 6.07 Å². The van der Waals surface area contributed by atoms with E-state index in [4.69, 9.17) is 9.47 Å². The molecule has 1 fully saturated rings. The lowest BCUT2D eigenvalue weighted by molar-refractivity contribution is -0.114. The van der Waals surface area contributed by atoms with E-state index in [1.165, 1.54) is 38.8 Å². The summed E-state index contributed by atoms with van der Waals surface area (Å²) >= 11 is 0. The van der Waals surface area contributed by atoms with Crippen LogP contribution < -0.4 is 20.1 Å². The highest BCUT2D eigenvalue weighted by atomic mass is 19.1. The number of ether oxygens (including phenoxy) is 2. The van der Waals surface area contributed by atoms with Gasteiger partial charge in [-0.25, -0.2) is 23.1 Å². The molecule has 0 aliphatic carbocycles. The number of methoxy groups -OCH3 is 2. The van der Waals surface area contributed by atoms with Crippen LogP contribution in [0.2, 0.25) is 0 Å². The Balaban J connectivity index is 1.49. The number of hydrogen-bond donors (Lipinski definition) is 2. The molecular weight excluding hydrogens is 535 g/mol. The zero-order valence-corrected chi connectivity index (χ0v) is 22.7. The molecule has 3 aromatic carbocycles. The van der Waals surface area contributed by atoms with Crippen LogP contribution in [-0.4, -0.2) is 54.6 Å². The first-order valence-electron chi connectivity index (χ1n) is 12.9. The molecule has 1 amide bonds. The molecule has 0 saturated carbocycles. The summed E-state index contributed by atoms with van der Waals surface area (Å²) in [7, 11) is 4.81. The van der Waals surface area contributed by atoms with E-state index in [0.717, 1.165) is 25.5 Å². The maximum Gasteiger partial charge on any atom is 0.284 e. The second kappa shape index (κ2) is 11.8. The monoisotopic (exact) mass is 563 g/mol. The van der Waals surface area contributed by atoms with Crippen molar-refractivity contribution < 1.29 is 27.4 Å². The number of halogens is 3. The van der Waals surface area contributed by atoms with Crippen molar-refractivity contribution in [1.29, 1.82) is 0 Å². The highest BCUT2D eigenvalue weighted by Crippen LogP contribution is 2.37. The smallest absolute Gasteiger partial charge is 0.284 e. The van der Waals surface area contributed by atoms with Crippen LogP contribution >= 0.6 is 0 Å². The summed E-state index contributed by atoms with van der Waals surface area (Å²) in [6.07, 6.45) is 4.39. The predicted octanol–water partition coefficient (Wildman–Crippen LogP) is 6.22. The molecule has 0 spiro atoms. The normalized spacial score (nSPS) is 15.7. The summed E-state index contributed by atoms with van der Waals surface area (Å²) in [4.78, 5) is 23.4. The van der Waals surface area contributed by atoms with E-state index >= 15 is 0 Å². The number of fused-ring (bicyclic) bond motifs is 1. The minimum atomic E-state index is -0.898. The molecule has 41 heavy (non-hydrogen) atoms. The molecule has 212 valence electrons. The Morgan fingerprint density at radius 3 is 2.54 bits per heavy atom. The molecule has 1 unspecified atom stereocenters. The lowest BCUT2D eigenvalue weighted by atomic mass is 10.0. The Hall–Kier alpha value is -4.64. The number of carbonyl (C=O) groups excluding carboxylic acids is 1. The molecular formula is C30H28F3N5O3. The van der Waals surface area contributed by atoms with Crippen LogP contribution in [0.25, 0.3) is 22.0 Å². The Morgan fingerprint density at radius 1 is 1.02 bits per heavy atom. The van der Waals surface area contributed by atoms with Gasteiger partial charge in [0.05, 0.1) is 31.1 Å². The number of anilines is 3. The molecule has 4 aromatic rings. The molecule has 5 rings (SSSR count). The zero-order chi connectivity index (χ0) is 29.1. The van der Waals surface area contributed by atoms with E-state index in [2.05, 4.69) is 20.6 Å². The minimum absolute atomic E-state index is 0.141. The fraction of sp³-hybridized carbons (Fsp3) is 0.233. The number of carbonyl (C=O) groups is 1. The number of aromatic nitrogens is 2. The third-order valence-electron chi connectivity index (χ3n) is 7.03. The molecule has 8 nitrogen and oxygen atoms in total. The van der Waals surface area contributed by atoms with Crippen molar-refractivity contribution in [3.63, 3.8) is 0 Å². The molecule has 2 heterocycles. The standard InChI is InChI=1S/C30H28F3N5O3/c1-38-10-4-5-19(38)13-23(33)30(39)37-26-14-21-24(15-28(26)41-3)34-16-35-29(21)36-25-11-17(6-9-27(25)40-2)20-8-7-18(31)12-22(20)32/h6-9,11-16,19H,4-5,10H2,1-3H3,(H,37,39)(H,34,35,36)/b23-13-. The van der Waals surface area contributed by atoms with Crippen LogP contribution in [0, 0.1) is 11.6 Å². The topological polar surface area (TPSA) is 88.6 Å². The van der Waals surface area contributed by atoms with Gasteiger partial charge in [0, 0.05) is 29.1 Å². The Bertz CT molecular complexity index is 1650. The van der Waals surface area contributed by atoms with Crippen molar-refractivity contribution in [3.05, 3.63) is 78.4 Å². The second-order valence-electron chi connectivity index (χ2n) is 9.62. The maximum absolute atomic E-state index is 14.8. The highest BCUT2D eigenvalue weighted by molar-refractivity contribution is 6.05. The van der Waals surface area contributed by atoms with Crippen LogP contribution in [0.1, 0.15) is 12.8 Å². The quantitative estimate of drug-likeness (QED) is 0.246. The van der Waals surface area contributed by atoms with Crippen molar-refractivity contribution in [2.75, 3.05) is 38.4 Å². The first-order chi connectivity index (χ1) is 19.8. The van der Waals surface area contributed by atoms with E-state index in [1.54, 1.807) is 30.3 Å². The van der Waals surface area contributed by atoms with Gasteiger partial charge in [0.1, 0.15) is 35.3 Å². The van der Waals surface area contributed by atoms with Gasteiger partial charge in [-0.2, -0.15) is 0 Å². The Labute approximate surface area is 234 Å². The number of amides is 1. The average Bonchev–Trinajstić information content (AvgIpc) is 3.36. The largest absolute Gasteiger partial charge is 0.495 e. The van der Waals surface area contributed by atoms with Gasteiger partial charge in [-0.15, -0.1) is 0 Å². The lowest BCUT2D eigenvalue weighted by Crippen LogP contribution is -2.24. The van der Waals surface area contributed by atoms with Gasteiger partial charge >= 0.3 is 0 Å². The number of nitrogens with one attached hydrogen (secondary N) is 2. The highest BCUT2D eigenvalue weighted by Gasteiger charge is 2.22. The molecule has 1 aromatic heterocycles. The van der Waals surface area contributed by atoms with E-state index in [1.807, 2.05) is 11.9 Å². The van der Waals surface area contributed by atoms with Gasteiger partial charge < -0.3 is 20.1 Å². The lowest BCUT2D eigenvalue weighted by Gasteiger charge is -2.16. The fourth-order valence-electron chi connectivity index (χ4n) is 4.85. The van der Waals surface area contributed by atoms with Crippen molar-refractivity contribution in [1.82, 2.24) is 14.9 Å². The Kier molecular flexibility index (Phi) is 8.06. The van der Waals surface area contributed by atoms with E-state index in [0.29, 0.717) is 33.7 Å². The molecule has 1 aliphatic heterocycles. The Morgan fingerprint density at radius 2 is 1.83 bits per heavy atom. The van der Waals surface area contributed by atoms with Crippen molar-refractivity contribution in [2.24, 2.45) is 0 Å². The van der Waals surface area contributed by atoms with Gasteiger partial charge in [-0.3, -0.25) is 9.69 Å². The number of hydrogen-bond acceptors (Lipinski definition) is 7. The van der Waals surface area contributed by atoms with E-state index in [9.17, 15) is 18.0 Å². The summed E-state index contributed by atoms with van der Waals surface area (Å²) in [5, 5.41) is 6.27. The van der Waals surface area contributed by atoms with E-state index in [-0.39, 0.29) is 23.0 Å². The number of likely N-dealkylation sites (tertiary alicyclic amines) is 1. The first kappa shape index (κ1) is 27.9. The van der Waals surface area contributed by atoms with Crippen LogP contribution in [-0.2, 0) is 4.79 Å². The molecule has 0 radical (unpaired) electrons. The van der Waals surface area contributed by atoms with Crippen LogP contribution in [0.3, 0.4) is 0 Å². The van der Waals surface area contributed by atoms with Crippen LogP contribution in [0.15, 0.2) is 66.8 Å². The van der Waals surface area contributed by atoms with Crippen LogP contribution in [0.4, 0.5) is 30.4 Å². The SMILES string of the molecule is COc1cc2ncnc(Nc3cc(-c4ccc(F)cc4F)ccc3OC)c2cc1NC(=O)/C(F)=C/C1CCCN1C. The summed E-state index contributed by atoms with van der Waals surface area (Å²) < 4.78 is 53.7. The van der Waals surface area contributed by atoms with Crippen LogP contribution in [0.5, 0.6) is 11.5 Å². The summed E-state index contributed by atoms with van der Waals surface area (Å²) in [6, 6.07) is 11.4. The first-order valence-corrected chi connectivity index (χ1v) is 12.9. The molecule has 11 heteroatoms. The van der Waals surface area contributed by atoms with E-state index < -0.39 is 23.4 Å². The molecule has 0 bridgehead atoms. The minimum Gasteiger partial charge on any atom is -0.495 e.